The van der Waals surface area contributed by atoms with Crippen molar-refractivity contribution in [1.82, 2.24) is 5.32 Å². The predicted molar refractivity (Wildman–Crippen MR) is 69.1 cm³/mol. The van der Waals surface area contributed by atoms with Gasteiger partial charge in [0.15, 0.2) is 0 Å². The third-order valence-corrected chi connectivity index (χ3v) is 2.86. The molecule has 0 bridgehead atoms. The van der Waals surface area contributed by atoms with Crippen LogP contribution in [0, 0.1) is 0 Å². The Balaban J connectivity index is 2.63. The van der Waals surface area contributed by atoms with Gasteiger partial charge in [-0.3, -0.25) is 10.1 Å². The summed E-state index contributed by atoms with van der Waals surface area (Å²) in [6, 6.07) is 7.24. The van der Waals surface area contributed by atoms with Crippen molar-refractivity contribution in [1.29, 1.82) is 0 Å². The van der Waals surface area contributed by atoms with Gasteiger partial charge in [0.05, 0.1) is 6.61 Å². The minimum absolute atomic E-state index is 0.00288. The van der Waals surface area contributed by atoms with Crippen molar-refractivity contribution in [3.63, 3.8) is 0 Å². The molecule has 0 saturated heterocycles. The van der Waals surface area contributed by atoms with Crippen LogP contribution in [-0.2, 0) is 9.53 Å². The molecule has 0 radical (unpaired) electrons. The summed E-state index contributed by atoms with van der Waals surface area (Å²) in [5.41, 5.74) is 0.977. The molecule has 1 aromatic carbocycles. The molecule has 2 atom stereocenters. The third kappa shape index (κ3) is 4.02. The van der Waals surface area contributed by atoms with Gasteiger partial charge in [0.2, 0.25) is 0 Å². The molecule has 17 heavy (non-hydrogen) atoms. The quantitative estimate of drug-likeness (QED) is 0.822. The van der Waals surface area contributed by atoms with E-state index < -0.39 is 0 Å². The van der Waals surface area contributed by atoms with Gasteiger partial charge in [-0.25, -0.2) is 0 Å². The lowest BCUT2D eigenvalue weighted by Crippen LogP contribution is -2.37. The minimum Gasteiger partial charge on any atom is -0.465 e. The van der Waals surface area contributed by atoms with Crippen LogP contribution in [0.1, 0.15) is 32.4 Å². The molecule has 0 aliphatic carbocycles. The van der Waals surface area contributed by atoms with E-state index in [1.54, 1.807) is 13.8 Å². The van der Waals surface area contributed by atoms with E-state index in [9.17, 15) is 4.79 Å². The second-order valence-electron chi connectivity index (χ2n) is 3.88. The van der Waals surface area contributed by atoms with Crippen molar-refractivity contribution in [2.75, 3.05) is 6.61 Å². The topological polar surface area (TPSA) is 38.3 Å². The lowest BCUT2D eigenvalue weighted by molar-refractivity contribution is -0.145. The molecule has 3 nitrogen and oxygen atoms in total. The summed E-state index contributed by atoms with van der Waals surface area (Å²) in [7, 11) is 0. The minimum atomic E-state index is -0.346. The summed E-state index contributed by atoms with van der Waals surface area (Å²) >= 11 is 6.09. The van der Waals surface area contributed by atoms with E-state index in [4.69, 9.17) is 16.3 Å². The molecule has 0 fully saturated rings. The third-order valence-electron chi connectivity index (χ3n) is 2.51. The molecule has 0 saturated carbocycles. The van der Waals surface area contributed by atoms with Gasteiger partial charge in [-0.2, -0.15) is 0 Å². The van der Waals surface area contributed by atoms with E-state index in [1.807, 2.05) is 31.2 Å². The molecular formula is C13H18ClNO2. The van der Waals surface area contributed by atoms with E-state index in [-0.39, 0.29) is 18.1 Å². The summed E-state index contributed by atoms with van der Waals surface area (Å²) in [5.74, 6) is -0.244. The molecule has 0 heterocycles. The van der Waals surface area contributed by atoms with Gasteiger partial charge >= 0.3 is 5.97 Å². The van der Waals surface area contributed by atoms with Gasteiger partial charge in [-0.1, -0.05) is 29.8 Å². The molecule has 4 heteroatoms. The predicted octanol–water partition coefficient (Wildman–Crippen LogP) is 2.94. The largest absolute Gasteiger partial charge is 0.465 e. The van der Waals surface area contributed by atoms with Crippen LogP contribution in [0.25, 0.3) is 0 Å². The first-order valence-corrected chi connectivity index (χ1v) is 6.11. The first-order valence-electron chi connectivity index (χ1n) is 5.73. The lowest BCUT2D eigenvalue weighted by atomic mass is 10.1. The van der Waals surface area contributed by atoms with E-state index >= 15 is 0 Å². The Morgan fingerprint density at radius 3 is 2.65 bits per heavy atom. The van der Waals surface area contributed by atoms with Gasteiger partial charge in [-0.15, -0.1) is 0 Å². The fourth-order valence-corrected chi connectivity index (χ4v) is 1.93. The smallest absolute Gasteiger partial charge is 0.322 e. The number of ether oxygens (including phenoxy) is 1. The Kier molecular flexibility index (Phi) is 5.45. The van der Waals surface area contributed by atoms with Crippen LogP contribution in [0.5, 0.6) is 0 Å². The zero-order valence-corrected chi connectivity index (χ0v) is 11.1. The van der Waals surface area contributed by atoms with Crippen LogP contribution in [0.3, 0.4) is 0 Å². The summed E-state index contributed by atoms with van der Waals surface area (Å²) in [5, 5.41) is 3.86. The number of esters is 1. The number of nitrogens with one attached hydrogen (secondary N) is 1. The number of halogens is 1. The van der Waals surface area contributed by atoms with Crippen molar-refractivity contribution in [2.24, 2.45) is 0 Å². The van der Waals surface area contributed by atoms with Gasteiger partial charge < -0.3 is 4.74 Å². The molecule has 0 aliphatic heterocycles. The molecular weight excluding hydrogens is 238 g/mol. The Labute approximate surface area is 107 Å². The number of hydrogen-bond donors (Lipinski definition) is 1. The number of rotatable bonds is 5. The van der Waals surface area contributed by atoms with Crippen LogP contribution in [0.2, 0.25) is 5.02 Å². The van der Waals surface area contributed by atoms with Crippen LogP contribution in [0.4, 0.5) is 0 Å². The SMILES string of the molecule is CCOC(=O)C(C)N[C@@H](C)c1ccccc1Cl. The fourth-order valence-electron chi connectivity index (χ4n) is 1.63. The Morgan fingerprint density at radius 2 is 2.06 bits per heavy atom. The summed E-state index contributed by atoms with van der Waals surface area (Å²) in [4.78, 5) is 11.5. The van der Waals surface area contributed by atoms with Gasteiger partial charge in [-0.05, 0) is 32.4 Å². The van der Waals surface area contributed by atoms with Crippen molar-refractivity contribution in [3.05, 3.63) is 34.9 Å². The molecule has 0 aliphatic rings. The zero-order chi connectivity index (χ0) is 12.8. The number of hydrogen-bond acceptors (Lipinski definition) is 3. The van der Waals surface area contributed by atoms with Crippen LogP contribution in [0.15, 0.2) is 24.3 Å². The van der Waals surface area contributed by atoms with Gasteiger partial charge in [0.25, 0.3) is 0 Å². The normalized spacial score (nSPS) is 14.1. The highest BCUT2D eigenvalue weighted by molar-refractivity contribution is 6.31. The standard InChI is InChI=1S/C13H18ClNO2/c1-4-17-13(16)10(3)15-9(2)11-7-5-6-8-12(11)14/h5-10,15H,4H2,1-3H3/t9-,10?/m0/s1. The summed E-state index contributed by atoms with van der Waals surface area (Å²) in [6.07, 6.45) is 0. The zero-order valence-electron chi connectivity index (χ0n) is 10.4. The van der Waals surface area contributed by atoms with Gasteiger partial charge in [0.1, 0.15) is 6.04 Å². The first-order chi connectivity index (χ1) is 8.06. The molecule has 0 spiro atoms. The molecule has 0 aromatic heterocycles. The number of carbonyl (C=O) groups excluding carboxylic acids is 1. The Hall–Kier alpha value is -1.06. The van der Waals surface area contributed by atoms with Crippen molar-refractivity contribution in [2.45, 2.75) is 32.9 Å². The maximum atomic E-state index is 11.5. The Morgan fingerprint density at radius 1 is 1.41 bits per heavy atom. The first kappa shape index (κ1) is 14.0. The van der Waals surface area contributed by atoms with E-state index in [1.165, 1.54) is 0 Å². The fraction of sp³-hybridized carbons (Fsp3) is 0.462. The van der Waals surface area contributed by atoms with Crippen LogP contribution >= 0.6 is 11.6 Å². The summed E-state index contributed by atoms with van der Waals surface area (Å²) in [6.45, 7) is 5.94. The molecule has 1 rings (SSSR count). The maximum Gasteiger partial charge on any atom is 0.322 e. The average Bonchev–Trinajstić information content (AvgIpc) is 2.29. The second-order valence-corrected chi connectivity index (χ2v) is 4.29. The van der Waals surface area contributed by atoms with Crippen molar-refractivity contribution < 1.29 is 9.53 Å². The highest BCUT2D eigenvalue weighted by Gasteiger charge is 2.18. The molecule has 1 N–H and O–H groups in total. The molecule has 1 aromatic rings. The molecule has 94 valence electrons. The molecule has 1 unspecified atom stereocenters. The van der Waals surface area contributed by atoms with Crippen molar-refractivity contribution in [3.8, 4) is 0 Å². The van der Waals surface area contributed by atoms with E-state index in [2.05, 4.69) is 5.32 Å². The Bertz CT molecular complexity index is 381. The van der Waals surface area contributed by atoms with E-state index in [0.29, 0.717) is 11.6 Å². The van der Waals surface area contributed by atoms with Crippen molar-refractivity contribution >= 4 is 17.6 Å². The highest BCUT2D eigenvalue weighted by Crippen LogP contribution is 2.22. The molecule has 0 amide bonds. The van der Waals surface area contributed by atoms with Gasteiger partial charge in [0, 0.05) is 11.1 Å². The number of carbonyl (C=O) groups is 1. The maximum absolute atomic E-state index is 11.5. The second kappa shape index (κ2) is 6.62. The van der Waals surface area contributed by atoms with Crippen LogP contribution in [-0.4, -0.2) is 18.6 Å². The lowest BCUT2D eigenvalue weighted by Gasteiger charge is -2.19. The number of benzene rings is 1. The van der Waals surface area contributed by atoms with E-state index in [0.717, 1.165) is 5.56 Å². The highest BCUT2D eigenvalue weighted by atomic mass is 35.5. The average molecular weight is 256 g/mol. The van der Waals surface area contributed by atoms with Crippen LogP contribution < -0.4 is 5.32 Å². The monoisotopic (exact) mass is 255 g/mol. The summed E-state index contributed by atoms with van der Waals surface area (Å²) < 4.78 is 4.94.